The highest BCUT2D eigenvalue weighted by Gasteiger charge is 2.04. The lowest BCUT2D eigenvalue weighted by molar-refractivity contribution is 0.100. The van der Waals surface area contributed by atoms with E-state index in [0.29, 0.717) is 10.9 Å². The summed E-state index contributed by atoms with van der Waals surface area (Å²) in [6.07, 6.45) is 1.45. The van der Waals surface area contributed by atoms with Gasteiger partial charge in [0.25, 0.3) is 0 Å². The molecule has 0 saturated heterocycles. The molecule has 0 N–H and O–H groups in total. The summed E-state index contributed by atoms with van der Waals surface area (Å²) in [4.78, 5) is 18.8. The van der Waals surface area contributed by atoms with Gasteiger partial charge >= 0.3 is 0 Å². The molecule has 0 atom stereocenters. The highest BCUT2D eigenvalue weighted by atomic mass is 19.1. The number of benzene rings is 1. The SMILES string of the molecule is CC(=O)c1ncc2cc(F)ccc2n1. The summed E-state index contributed by atoms with van der Waals surface area (Å²) in [5.74, 6) is -0.378. The van der Waals surface area contributed by atoms with Crippen LogP contribution in [0.5, 0.6) is 0 Å². The minimum Gasteiger partial charge on any atom is -0.291 e. The van der Waals surface area contributed by atoms with Crippen LogP contribution < -0.4 is 0 Å². The Kier molecular flexibility index (Phi) is 1.96. The van der Waals surface area contributed by atoms with Crippen molar-refractivity contribution in [3.63, 3.8) is 0 Å². The Bertz CT molecular complexity index is 510. The molecule has 1 aromatic heterocycles. The minimum atomic E-state index is -0.336. The van der Waals surface area contributed by atoms with Crippen molar-refractivity contribution >= 4 is 16.7 Å². The summed E-state index contributed by atoms with van der Waals surface area (Å²) in [5, 5.41) is 0.593. The second-order valence-corrected chi connectivity index (χ2v) is 2.95. The van der Waals surface area contributed by atoms with Gasteiger partial charge in [-0.05, 0) is 18.2 Å². The first kappa shape index (κ1) is 8.74. The lowest BCUT2D eigenvalue weighted by Gasteiger charge is -1.98. The standard InChI is InChI=1S/C10H7FN2O/c1-6(14)10-12-5-7-4-8(11)2-3-9(7)13-10/h2-5H,1H3. The van der Waals surface area contributed by atoms with E-state index in [2.05, 4.69) is 9.97 Å². The first-order valence-corrected chi connectivity index (χ1v) is 4.10. The summed E-state index contributed by atoms with van der Waals surface area (Å²) in [5.41, 5.74) is 0.576. The lowest BCUT2D eigenvalue weighted by Crippen LogP contribution is -2.00. The Morgan fingerprint density at radius 3 is 2.93 bits per heavy atom. The van der Waals surface area contributed by atoms with Gasteiger partial charge in [0.2, 0.25) is 0 Å². The Hall–Kier alpha value is -1.84. The van der Waals surface area contributed by atoms with E-state index < -0.39 is 0 Å². The number of fused-ring (bicyclic) bond motifs is 1. The molecule has 3 nitrogen and oxygen atoms in total. The van der Waals surface area contributed by atoms with Crippen LogP contribution in [0, 0.1) is 5.82 Å². The second-order valence-electron chi connectivity index (χ2n) is 2.95. The predicted octanol–water partition coefficient (Wildman–Crippen LogP) is 1.97. The van der Waals surface area contributed by atoms with E-state index in [-0.39, 0.29) is 17.4 Å². The molecule has 0 amide bonds. The molecular formula is C10H7FN2O. The Labute approximate surface area is 79.6 Å². The zero-order valence-corrected chi connectivity index (χ0v) is 7.49. The smallest absolute Gasteiger partial charge is 0.196 e. The number of hydrogen-bond acceptors (Lipinski definition) is 3. The maximum Gasteiger partial charge on any atom is 0.196 e. The first-order valence-electron chi connectivity index (χ1n) is 4.10. The van der Waals surface area contributed by atoms with Crippen LogP contribution in [-0.4, -0.2) is 15.8 Å². The van der Waals surface area contributed by atoms with E-state index in [1.165, 1.54) is 31.3 Å². The monoisotopic (exact) mass is 190 g/mol. The van der Waals surface area contributed by atoms with Gasteiger partial charge in [-0.2, -0.15) is 0 Å². The summed E-state index contributed by atoms with van der Waals surface area (Å²) in [7, 11) is 0. The molecule has 14 heavy (non-hydrogen) atoms. The van der Waals surface area contributed by atoms with E-state index in [1.54, 1.807) is 0 Å². The highest BCUT2D eigenvalue weighted by Crippen LogP contribution is 2.12. The van der Waals surface area contributed by atoms with Crippen LogP contribution in [0.15, 0.2) is 24.4 Å². The molecule has 4 heteroatoms. The predicted molar refractivity (Wildman–Crippen MR) is 49.5 cm³/mol. The summed E-state index contributed by atoms with van der Waals surface area (Å²) < 4.78 is 12.8. The van der Waals surface area contributed by atoms with Crippen LogP contribution in [0.25, 0.3) is 10.9 Å². The van der Waals surface area contributed by atoms with Crippen LogP contribution in [-0.2, 0) is 0 Å². The van der Waals surface area contributed by atoms with Crippen LogP contribution in [0.1, 0.15) is 17.5 Å². The van der Waals surface area contributed by atoms with Crippen LogP contribution in [0.3, 0.4) is 0 Å². The van der Waals surface area contributed by atoms with Gasteiger partial charge in [-0.15, -0.1) is 0 Å². The Balaban J connectivity index is 2.67. The van der Waals surface area contributed by atoms with Gasteiger partial charge in [0.15, 0.2) is 11.6 Å². The molecular weight excluding hydrogens is 183 g/mol. The van der Waals surface area contributed by atoms with E-state index in [0.717, 1.165) is 0 Å². The van der Waals surface area contributed by atoms with Gasteiger partial charge in [0, 0.05) is 18.5 Å². The fourth-order valence-corrected chi connectivity index (χ4v) is 1.17. The molecule has 1 aromatic carbocycles. The summed E-state index contributed by atoms with van der Waals surface area (Å²) in [6.45, 7) is 1.39. The molecule has 0 aliphatic rings. The van der Waals surface area contributed by atoms with Gasteiger partial charge in [0.05, 0.1) is 5.52 Å². The number of rotatable bonds is 1. The molecule has 1 heterocycles. The van der Waals surface area contributed by atoms with Crippen LogP contribution >= 0.6 is 0 Å². The largest absolute Gasteiger partial charge is 0.291 e. The van der Waals surface area contributed by atoms with Crippen molar-refractivity contribution in [1.29, 1.82) is 0 Å². The van der Waals surface area contributed by atoms with Gasteiger partial charge in [0.1, 0.15) is 5.82 Å². The normalized spacial score (nSPS) is 10.4. The number of aromatic nitrogens is 2. The molecule has 0 radical (unpaired) electrons. The summed E-state index contributed by atoms with van der Waals surface area (Å²) in [6, 6.07) is 4.16. The zero-order valence-electron chi connectivity index (χ0n) is 7.49. The Morgan fingerprint density at radius 2 is 2.21 bits per heavy atom. The Morgan fingerprint density at radius 1 is 1.43 bits per heavy atom. The average molecular weight is 190 g/mol. The van der Waals surface area contributed by atoms with Crippen molar-refractivity contribution < 1.29 is 9.18 Å². The second kappa shape index (κ2) is 3.14. The maximum absolute atomic E-state index is 12.8. The first-order chi connectivity index (χ1) is 6.66. The third kappa shape index (κ3) is 1.46. The zero-order chi connectivity index (χ0) is 10.1. The van der Waals surface area contributed by atoms with Crippen molar-refractivity contribution in [2.75, 3.05) is 0 Å². The number of halogens is 1. The molecule has 0 saturated carbocycles. The molecule has 70 valence electrons. The van der Waals surface area contributed by atoms with Gasteiger partial charge in [-0.1, -0.05) is 0 Å². The number of Topliss-reactive ketones (excluding diaryl/α,β-unsaturated/α-hetero) is 1. The third-order valence-electron chi connectivity index (χ3n) is 1.86. The van der Waals surface area contributed by atoms with Crippen molar-refractivity contribution in [1.82, 2.24) is 9.97 Å². The van der Waals surface area contributed by atoms with Gasteiger partial charge in [-0.3, -0.25) is 4.79 Å². The molecule has 0 aliphatic carbocycles. The maximum atomic E-state index is 12.8. The van der Waals surface area contributed by atoms with Crippen LogP contribution in [0.4, 0.5) is 4.39 Å². The van der Waals surface area contributed by atoms with E-state index >= 15 is 0 Å². The molecule has 0 unspecified atom stereocenters. The van der Waals surface area contributed by atoms with E-state index in [4.69, 9.17) is 0 Å². The van der Waals surface area contributed by atoms with Crippen LogP contribution in [0.2, 0.25) is 0 Å². The highest BCUT2D eigenvalue weighted by molar-refractivity contribution is 5.92. The van der Waals surface area contributed by atoms with Crippen molar-refractivity contribution in [2.45, 2.75) is 6.92 Å². The molecule has 2 aromatic rings. The molecule has 0 fully saturated rings. The van der Waals surface area contributed by atoms with E-state index in [1.807, 2.05) is 0 Å². The van der Waals surface area contributed by atoms with Gasteiger partial charge < -0.3 is 0 Å². The summed E-state index contributed by atoms with van der Waals surface area (Å²) >= 11 is 0. The van der Waals surface area contributed by atoms with Gasteiger partial charge in [-0.25, -0.2) is 14.4 Å². The number of ketones is 1. The number of hydrogen-bond donors (Lipinski definition) is 0. The number of carbonyl (C=O) groups excluding carboxylic acids is 1. The lowest BCUT2D eigenvalue weighted by atomic mass is 10.2. The topological polar surface area (TPSA) is 42.9 Å². The van der Waals surface area contributed by atoms with Crippen molar-refractivity contribution in [3.05, 3.63) is 36.0 Å². The van der Waals surface area contributed by atoms with Crippen molar-refractivity contribution in [2.24, 2.45) is 0 Å². The van der Waals surface area contributed by atoms with Crippen molar-refractivity contribution in [3.8, 4) is 0 Å². The molecule has 2 rings (SSSR count). The fraction of sp³-hybridized carbons (Fsp3) is 0.100. The van der Waals surface area contributed by atoms with E-state index in [9.17, 15) is 9.18 Å². The quantitative estimate of drug-likeness (QED) is 0.645. The number of nitrogens with zero attached hydrogens (tertiary/aromatic N) is 2. The fourth-order valence-electron chi connectivity index (χ4n) is 1.17. The number of carbonyl (C=O) groups is 1. The molecule has 0 spiro atoms. The third-order valence-corrected chi connectivity index (χ3v) is 1.86. The average Bonchev–Trinajstić information content (AvgIpc) is 2.16. The molecule has 0 aliphatic heterocycles. The minimum absolute atomic E-state index is 0.157. The molecule has 0 bridgehead atoms.